The Bertz CT molecular complexity index is 550. The normalized spacial score (nSPS) is 29.6. The standard InChI is InChI=1S/C11H10F6O6/c1-2-3-4(7(18)19)6(10(12,13)14)23-9(22,11(15,16)17)5(3)8(20)21/h5-6,22H,2H2,1H3,(H,18,19)(H,20,21). The van der Waals surface area contributed by atoms with Gasteiger partial charge in [-0.05, 0) is 12.0 Å². The minimum absolute atomic E-state index is 0.785. The van der Waals surface area contributed by atoms with Gasteiger partial charge in [-0.15, -0.1) is 0 Å². The van der Waals surface area contributed by atoms with E-state index in [9.17, 15) is 41.0 Å². The number of rotatable bonds is 3. The zero-order valence-corrected chi connectivity index (χ0v) is 11.2. The van der Waals surface area contributed by atoms with E-state index in [0.29, 0.717) is 0 Å². The summed E-state index contributed by atoms with van der Waals surface area (Å²) in [6, 6.07) is 0. The molecule has 0 radical (unpaired) electrons. The van der Waals surface area contributed by atoms with E-state index in [1.807, 2.05) is 0 Å². The predicted octanol–water partition coefficient (Wildman–Crippen LogP) is 1.69. The first kappa shape index (κ1) is 19.2. The van der Waals surface area contributed by atoms with E-state index in [-0.39, 0.29) is 0 Å². The third-order valence-electron chi connectivity index (χ3n) is 3.21. The lowest BCUT2D eigenvalue weighted by atomic mass is 9.80. The number of halogens is 6. The van der Waals surface area contributed by atoms with Crippen LogP contribution in [-0.4, -0.2) is 51.5 Å². The number of carbonyl (C=O) groups is 2. The summed E-state index contributed by atoms with van der Waals surface area (Å²) in [7, 11) is 0. The molecule has 0 spiro atoms. The van der Waals surface area contributed by atoms with Crippen molar-refractivity contribution in [2.75, 3.05) is 0 Å². The Kier molecular flexibility index (Phi) is 4.74. The van der Waals surface area contributed by atoms with Gasteiger partial charge < -0.3 is 20.1 Å². The Hall–Kier alpha value is -1.82. The smallest absolute Gasteiger partial charge is 0.444 e. The lowest BCUT2D eigenvalue weighted by Gasteiger charge is -2.43. The zero-order chi connectivity index (χ0) is 18.4. The highest BCUT2D eigenvalue weighted by molar-refractivity contribution is 5.91. The number of aliphatic hydroxyl groups is 1. The van der Waals surface area contributed by atoms with E-state index in [1.165, 1.54) is 0 Å². The Morgan fingerprint density at radius 2 is 1.65 bits per heavy atom. The molecule has 0 aliphatic carbocycles. The van der Waals surface area contributed by atoms with Crippen LogP contribution >= 0.6 is 0 Å². The van der Waals surface area contributed by atoms with Crippen LogP contribution in [0, 0.1) is 5.92 Å². The minimum atomic E-state index is -5.91. The topological polar surface area (TPSA) is 104 Å². The zero-order valence-electron chi connectivity index (χ0n) is 11.2. The summed E-state index contributed by atoms with van der Waals surface area (Å²) in [6.45, 7) is 0.962. The third kappa shape index (κ3) is 3.13. The van der Waals surface area contributed by atoms with Crippen LogP contribution in [0.1, 0.15) is 13.3 Å². The number of carboxylic acids is 2. The summed E-state index contributed by atoms with van der Waals surface area (Å²) in [5.74, 6) is -12.4. The first-order chi connectivity index (χ1) is 10.2. The number of hydrogen-bond acceptors (Lipinski definition) is 4. The van der Waals surface area contributed by atoms with Gasteiger partial charge in [0.2, 0.25) is 0 Å². The summed E-state index contributed by atoms with van der Waals surface area (Å²) in [5.41, 5.74) is -2.90. The summed E-state index contributed by atoms with van der Waals surface area (Å²) < 4.78 is 81.1. The largest absolute Gasteiger partial charge is 0.481 e. The molecule has 0 saturated carbocycles. The molecule has 1 aliphatic heterocycles. The van der Waals surface area contributed by atoms with Crippen LogP contribution in [0.15, 0.2) is 11.1 Å². The van der Waals surface area contributed by atoms with Crippen molar-refractivity contribution in [1.82, 2.24) is 0 Å². The summed E-state index contributed by atoms with van der Waals surface area (Å²) in [6.07, 6.45) is -15.9. The van der Waals surface area contributed by atoms with Crippen molar-refractivity contribution < 1.29 is 56.0 Å². The van der Waals surface area contributed by atoms with E-state index in [4.69, 9.17) is 10.2 Å². The van der Waals surface area contributed by atoms with Crippen molar-refractivity contribution in [3.05, 3.63) is 11.1 Å². The van der Waals surface area contributed by atoms with E-state index in [1.54, 1.807) is 0 Å². The van der Waals surface area contributed by atoms with Crippen LogP contribution in [0.4, 0.5) is 26.3 Å². The first-order valence-electron chi connectivity index (χ1n) is 5.91. The van der Waals surface area contributed by atoms with Gasteiger partial charge in [0.25, 0.3) is 5.79 Å². The molecule has 3 unspecified atom stereocenters. The van der Waals surface area contributed by atoms with Crippen LogP contribution in [0.2, 0.25) is 0 Å². The van der Waals surface area contributed by atoms with Gasteiger partial charge in [0.1, 0.15) is 5.92 Å². The maximum atomic E-state index is 13.0. The quantitative estimate of drug-likeness (QED) is 0.668. The fourth-order valence-electron chi connectivity index (χ4n) is 2.29. The van der Waals surface area contributed by atoms with Crippen LogP contribution in [-0.2, 0) is 14.3 Å². The number of alkyl halides is 6. The van der Waals surface area contributed by atoms with Gasteiger partial charge in [-0.3, -0.25) is 4.79 Å². The van der Waals surface area contributed by atoms with E-state index in [0.717, 1.165) is 6.92 Å². The maximum Gasteiger partial charge on any atom is 0.444 e. The van der Waals surface area contributed by atoms with Gasteiger partial charge in [0.15, 0.2) is 6.10 Å². The summed E-state index contributed by atoms with van der Waals surface area (Å²) in [4.78, 5) is 22.1. The molecule has 23 heavy (non-hydrogen) atoms. The second kappa shape index (κ2) is 5.67. The van der Waals surface area contributed by atoms with Gasteiger partial charge >= 0.3 is 24.3 Å². The molecule has 1 aliphatic rings. The van der Waals surface area contributed by atoms with Crippen LogP contribution < -0.4 is 0 Å². The van der Waals surface area contributed by atoms with Crippen molar-refractivity contribution in [3.63, 3.8) is 0 Å². The Morgan fingerprint density at radius 3 is 1.91 bits per heavy atom. The molecular weight excluding hydrogens is 342 g/mol. The Morgan fingerprint density at radius 1 is 1.17 bits per heavy atom. The number of aliphatic carboxylic acids is 2. The van der Waals surface area contributed by atoms with E-state index < -0.39 is 59.7 Å². The molecule has 0 fully saturated rings. The lowest BCUT2D eigenvalue weighted by Crippen LogP contribution is -2.63. The molecule has 3 atom stereocenters. The molecule has 0 aromatic heterocycles. The Balaban J connectivity index is 3.79. The number of hydrogen-bond donors (Lipinski definition) is 3. The van der Waals surface area contributed by atoms with Gasteiger partial charge in [-0.2, -0.15) is 26.3 Å². The van der Waals surface area contributed by atoms with Crippen LogP contribution in [0.3, 0.4) is 0 Å². The Labute approximate surface area is 124 Å². The number of ether oxygens (including phenoxy) is 1. The average molecular weight is 352 g/mol. The highest BCUT2D eigenvalue weighted by atomic mass is 19.4. The molecule has 1 heterocycles. The van der Waals surface area contributed by atoms with Crippen LogP contribution in [0.5, 0.6) is 0 Å². The second-order valence-corrected chi connectivity index (χ2v) is 4.60. The molecule has 0 amide bonds. The monoisotopic (exact) mass is 352 g/mol. The van der Waals surface area contributed by atoms with E-state index in [2.05, 4.69) is 4.74 Å². The molecular formula is C11H10F6O6. The molecule has 0 saturated heterocycles. The SMILES string of the molecule is CCC1=C(C(=O)O)C(C(F)(F)F)OC(O)(C(F)(F)F)C1C(=O)O. The third-order valence-corrected chi connectivity index (χ3v) is 3.21. The molecule has 132 valence electrons. The molecule has 0 bridgehead atoms. The highest BCUT2D eigenvalue weighted by Crippen LogP contribution is 2.50. The molecule has 6 nitrogen and oxygen atoms in total. The molecule has 12 heteroatoms. The number of carboxylic acid groups (broad SMARTS) is 2. The van der Waals surface area contributed by atoms with Crippen molar-refractivity contribution in [2.45, 2.75) is 37.6 Å². The molecule has 1 rings (SSSR count). The van der Waals surface area contributed by atoms with Gasteiger partial charge in [0.05, 0.1) is 5.57 Å². The summed E-state index contributed by atoms with van der Waals surface area (Å²) in [5, 5.41) is 27.2. The van der Waals surface area contributed by atoms with Crippen molar-refractivity contribution >= 4 is 11.9 Å². The van der Waals surface area contributed by atoms with Gasteiger partial charge in [0, 0.05) is 0 Å². The van der Waals surface area contributed by atoms with Crippen molar-refractivity contribution in [3.8, 4) is 0 Å². The van der Waals surface area contributed by atoms with Gasteiger partial charge in [-0.25, -0.2) is 4.79 Å². The highest BCUT2D eigenvalue weighted by Gasteiger charge is 2.70. The van der Waals surface area contributed by atoms with Crippen molar-refractivity contribution in [1.29, 1.82) is 0 Å². The fourth-order valence-corrected chi connectivity index (χ4v) is 2.29. The average Bonchev–Trinajstić information content (AvgIpc) is 2.33. The van der Waals surface area contributed by atoms with Gasteiger partial charge in [-0.1, -0.05) is 6.92 Å². The molecule has 3 N–H and O–H groups in total. The molecule has 0 aromatic rings. The predicted molar refractivity (Wildman–Crippen MR) is 58.0 cm³/mol. The van der Waals surface area contributed by atoms with Crippen LogP contribution in [0.25, 0.3) is 0 Å². The molecule has 0 aromatic carbocycles. The fraction of sp³-hybridized carbons (Fsp3) is 0.636. The van der Waals surface area contributed by atoms with E-state index >= 15 is 0 Å². The van der Waals surface area contributed by atoms with Crippen molar-refractivity contribution in [2.24, 2.45) is 5.92 Å². The lowest BCUT2D eigenvalue weighted by molar-refractivity contribution is -0.410. The summed E-state index contributed by atoms with van der Waals surface area (Å²) >= 11 is 0. The minimum Gasteiger partial charge on any atom is -0.481 e. The first-order valence-corrected chi connectivity index (χ1v) is 5.91. The second-order valence-electron chi connectivity index (χ2n) is 4.60. The maximum absolute atomic E-state index is 13.0.